The van der Waals surface area contributed by atoms with E-state index in [0.717, 1.165) is 38.9 Å². The first kappa shape index (κ1) is 25.8. The van der Waals surface area contributed by atoms with Crippen LogP contribution in [0.5, 0.6) is 0 Å². The summed E-state index contributed by atoms with van der Waals surface area (Å²) in [5, 5.41) is 10.2. The number of alkyl halides is 3. The first-order chi connectivity index (χ1) is 17.7. The van der Waals surface area contributed by atoms with Crippen LogP contribution in [0.15, 0.2) is 34.8 Å². The number of aryl methyl sites for hydroxylation is 1. The third kappa shape index (κ3) is 5.13. The Bertz CT molecular complexity index is 1340. The van der Waals surface area contributed by atoms with Crippen molar-refractivity contribution in [2.45, 2.75) is 57.3 Å². The average molecular weight is 597 g/mol. The number of rotatable bonds is 5. The fourth-order valence-corrected chi connectivity index (χ4v) is 6.38. The molecule has 1 aliphatic heterocycles. The first-order valence-corrected chi connectivity index (χ1v) is 13.6. The molecule has 2 aliphatic rings. The third-order valence-corrected chi connectivity index (χ3v) is 8.31. The zero-order valence-corrected chi connectivity index (χ0v) is 22.2. The van der Waals surface area contributed by atoms with Gasteiger partial charge in [-0.3, -0.25) is 4.79 Å². The number of ether oxygens (including phenoxy) is 1. The Hall–Kier alpha value is -2.86. The Morgan fingerprint density at radius 1 is 1.24 bits per heavy atom. The highest BCUT2D eigenvalue weighted by molar-refractivity contribution is 9.10. The number of esters is 1. The second-order valence-electron chi connectivity index (χ2n) is 8.99. The van der Waals surface area contributed by atoms with Crippen LogP contribution in [0.2, 0.25) is 0 Å². The highest BCUT2D eigenvalue weighted by Crippen LogP contribution is 2.44. The molecule has 1 aliphatic carbocycles. The van der Waals surface area contributed by atoms with Crippen molar-refractivity contribution in [3.05, 3.63) is 62.1 Å². The van der Waals surface area contributed by atoms with E-state index >= 15 is 0 Å². The molecule has 3 aromatic rings. The molecule has 5 rings (SSSR count). The number of hydrogen-bond acceptors (Lipinski definition) is 6. The SMILES string of the molecule is CCOC(=O)c1c(NC(=O)c2cc3n(n2)C(C(F)(F)F)CC(c2ccc(Br)cc2)N3)sc2c1CCCC2. The van der Waals surface area contributed by atoms with Crippen LogP contribution in [0, 0.1) is 0 Å². The molecule has 2 atom stereocenters. The fraction of sp³-hybridized carbons (Fsp3) is 0.400. The predicted molar refractivity (Wildman–Crippen MR) is 137 cm³/mol. The topological polar surface area (TPSA) is 85.2 Å². The molecule has 2 aromatic heterocycles. The summed E-state index contributed by atoms with van der Waals surface area (Å²) in [5.74, 6) is -1.10. The largest absolute Gasteiger partial charge is 0.462 e. The lowest BCUT2D eigenvalue weighted by Crippen LogP contribution is -2.35. The van der Waals surface area contributed by atoms with E-state index in [1.165, 1.54) is 17.4 Å². The molecule has 7 nitrogen and oxygen atoms in total. The Balaban J connectivity index is 1.45. The normalized spacial score (nSPS) is 18.9. The van der Waals surface area contributed by atoms with Crippen molar-refractivity contribution in [2.75, 3.05) is 17.2 Å². The van der Waals surface area contributed by atoms with Crippen LogP contribution in [-0.2, 0) is 17.6 Å². The molecule has 0 saturated heterocycles. The molecular weight excluding hydrogens is 573 g/mol. The van der Waals surface area contributed by atoms with E-state index in [2.05, 4.69) is 31.7 Å². The van der Waals surface area contributed by atoms with Gasteiger partial charge in [0.15, 0.2) is 11.7 Å². The van der Waals surface area contributed by atoms with Gasteiger partial charge in [-0.25, -0.2) is 9.48 Å². The molecular formula is C25H24BrF3N4O3S. The molecule has 0 radical (unpaired) electrons. The number of halogens is 4. The second-order valence-corrected chi connectivity index (χ2v) is 11.0. The maximum atomic E-state index is 14.0. The van der Waals surface area contributed by atoms with Gasteiger partial charge in [-0.2, -0.15) is 18.3 Å². The summed E-state index contributed by atoms with van der Waals surface area (Å²) in [6.45, 7) is 1.89. The molecule has 37 heavy (non-hydrogen) atoms. The van der Waals surface area contributed by atoms with Crippen LogP contribution in [-0.4, -0.2) is 34.4 Å². The molecule has 0 saturated carbocycles. The van der Waals surface area contributed by atoms with Crippen molar-refractivity contribution in [3.63, 3.8) is 0 Å². The molecule has 1 amide bonds. The molecule has 2 unspecified atom stereocenters. The van der Waals surface area contributed by atoms with Crippen LogP contribution < -0.4 is 10.6 Å². The lowest BCUT2D eigenvalue weighted by atomic mass is 9.95. The Morgan fingerprint density at radius 3 is 2.68 bits per heavy atom. The number of hydrogen-bond donors (Lipinski definition) is 2. The van der Waals surface area contributed by atoms with E-state index in [-0.39, 0.29) is 24.5 Å². The predicted octanol–water partition coefficient (Wildman–Crippen LogP) is 6.68. The Labute approximate surface area is 223 Å². The monoisotopic (exact) mass is 596 g/mol. The smallest absolute Gasteiger partial charge is 0.410 e. The van der Waals surface area contributed by atoms with Gasteiger partial charge in [0.25, 0.3) is 5.91 Å². The summed E-state index contributed by atoms with van der Waals surface area (Å²) in [6.07, 6.45) is -1.40. The van der Waals surface area contributed by atoms with Crippen LogP contribution in [0.25, 0.3) is 0 Å². The molecule has 2 N–H and O–H groups in total. The summed E-state index contributed by atoms with van der Waals surface area (Å²) in [6, 6.07) is 5.85. The maximum Gasteiger partial charge on any atom is 0.410 e. The van der Waals surface area contributed by atoms with E-state index in [1.54, 1.807) is 31.2 Å². The van der Waals surface area contributed by atoms with Crippen LogP contribution in [0.1, 0.15) is 75.1 Å². The third-order valence-electron chi connectivity index (χ3n) is 6.57. The summed E-state index contributed by atoms with van der Waals surface area (Å²) in [5.41, 5.74) is 1.74. The van der Waals surface area contributed by atoms with Crippen LogP contribution in [0.4, 0.5) is 24.0 Å². The molecule has 1 aromatic carbocycles. The molecule has 196 valence electrons. The maximum absolute atomic E-state index is 14.0. The lowest BCUT2D eigenvalue weighted by Gasteiger charge is -2.33. The zero-order chi connectivity index (χ0) is 26.3. The number of benzene rings is 1. The van der Waals surface area contributed by atoms with Crippen molar-refractivity contribution >= 4 is 50.0 Å². The second kappa shape index (κ2) is 10.1. The van der Waals surface area contributed by atoms with Crippen molar-refractivity contribution < 1.29 is 27.5 Å². The van der Waals surface area contributed by atoms with Gasteiger partial charge >= 0.3 is 12.1 Å². The number of amides is 1. The van der Waals surface area contributed by atoms with E-state index < -0.39 is 30.1 Å². The number of nitrogens with one attached hydrogen (secondary N) is 2. The number of anilines is 2. The van der Waals surface area contributed by atoms with Gasteiger partial charge in [0.05, 0.1) is 18.2 Å². The molecule has 0 fully saturated rings. The molecule has 3 heterocycles. The number of carbonyl (C=O) groups is 2. The highest BCUT2D eigenvalue weighted by atomic mass is 79.9. The van der Waals surface area contributed by atoms with Crippen molar-refractivity contribution in [1.82, 2.24) is 9.78 Å². The van der Waals surface area contributed by atoms with E-state index in [1.807, 2.05) is 0 Å². The number of carbonyl (C=O) groups excluding carboxylic acids is 2. The van der Waals surface area contributed by atoms with Crippen LogP contribution in [0.3, 0.4) is 0 Å². The number of nitrogens with zero attached hydrogens (tertiary/aromatic N) is 2. The van der Waals surface area contributed by atoms with Gasteiger partial charge in [0, 0.05) is 21.8 Å². The quantitative estimate of drug-likeness (QED) is 0.321. The number of aromatic nitrogens is 2. The summed E-state index contributed by atoms with van der Waals surface area (Å²) in [7, 11) is 0. The minimum absolute atomic E-state index is 0.0998. The van der Waals surface area contributed by atoms with Gasteiger partial charge in [-0.1, -0.05) is 28.1 Å². The minimum Gasteiger partial charge on any atom is -0.462 e. The molecule has 0 bridgehead atoms. The highest BCUT2D eigenvalue weighted by Gasteiger charge is 2.47. The lowest BCUT2D eigenvalue weighted by molar-refractivity contribution is -0.173. The summed E-state index contributed by atoms with van der Waals surface area (Å²) >= 11 is 4.65. The zero-order valence-electron chi connectivity index (χ0n) is 19.8. The van der Waals surface area contributed by atoms with Crippen molar-refractivity contribution in [1.29, 1.82) is 0 Å². The molecule has 0 spiro atoms. The van der Waals surface area contributed by atoms with Crippen molar-refractivity contribution in [3.8, 4) is 0 Å². The van der Waals surface area contributed by atoms with Gasteiger partial charge in [-0.05, 0) is 55.9 Å². The number of thiophene rings is 1. The average Bonchev–Trinajstić information content (AvgIpc) is 3.44. The summed E-state index contributed by atoms with van der Waals surface area (Å²) < 4.78 is 49.0. The van der Waals surface area contributed by atoms with E-state index in [4.69, 9.17) is 4.74 Å². The first-order valence-electron chi connectivity index (χ1n) is 12.0. The standard InChI is InChI=1S/C25H24BrF3N4O3S/c1-2-36-24(35)21-15-5-3-4-6-18(15)37-23(21)31-22(34)17-12-20-30-16(13-7-9-14(26)10-8-13)11-19(25(27,28)29)33(20)32-17/h7-10,12,16,19,30H,2-6,11H2,1H3,(H,31,34). The van der Waals surface area contributed by atoms with E-state index in [9.17, 15) is 22.8 Å². The Morgan fingerprint density at radius 2 is 1.97 bits per heavy atom. The molecule has 12 heteroatoms. The fourth-order valence-electron chi connectivity index (χ4n) is 4.84. The van der Waals surface area contributed by atoms with Gasteiger partial charge in [-0.15, -0.1) is 11.3 Å². The minimum atomic E-state index is -4.56. The Kier molecular flexibility index (Phi) is 7.06. The van der Waals surface area contributed by atoms with Gasteiger partial charge < -0.3 is 15.4 Å². The van der Waals surface area contributed by atoms with E-state index in [0.29, 0.717) is 22.5 Å². The summed E-state index contributed by atoms with van der Waals surface area (Å²) in [4.78, 5) is 26.9. The van der Waals surface area contributed by atoms with Crippen LogP contribution >= 0.6 is 27.3 Å². The van der Waals surface area contributed by atoms with Gasteiger partial charge in [0.2, 0.25) is 0 Å². The van der Waals surface area contributed by atoms with Crippen molar-refractivity contribution in [2.24, 2.45) is 0 Å². The van der Waals surface area contributed by atoms with Gasteiger partial charge in [0.1, 0.15) is 10.8 Å². The number of fused-ring (bicyclic) bond motifs is 2.